The number of hydrogen-bond acceptors (Lipinski definition) is 2. The Hall–Kier alpha value is -1.84. The number of aryl methyl sites for hydroxylation is 1. The number of nitrogens with zero attached hydrogens (tertiary/aromatic N) is 1. The van der Waals surface area contributed by atoms with E-state index in [0.717, 1.165) is 41.5 Å². The maximum atomic E-state index is 6.15. The van der Waals surface area contributed by atoms with E-state index in [1.807, 2.05) is 0 Å². The predicted molar refractivity (Wildman–Crippen MR) is 103 cm³/mol. The average molecular weight is 355 g/mol. The van der Waals surface area contributed by atoms with Gasteiger partial charge < -0.3 is 4.98 Å². The summed E-state index contributed by atoms with van der Waals surface area (Å²) in [6.45, 7) is 2.11. The number of rotatable bonds is 3. The molecule has 0 amide bonds. The van der Waals surface area contributed by atoms with Crippen molar-refractivity contribution in [3.05, 3.63) is 69.9 Å². The molecule has 4 heteroatoms. The molecule has 2 aliphatic rings. The van der Waals surface area contributed by atoms with E-state index in [1.54, 1.807) is 11.3 Å². The zero-order valence-corrected chi connectivity index (χ0v) is 15.1. The first kappa shape index (κ1) is 15.7. The van der Waals surface area contributed by atoms with Crippen LogP contribution in [-0.2, 0) is 0 Å². The highest BCUT2D eigenvalue weighted by molar-refractivity contribution is 7.16. The number of aromatic nitrogens is 2. The van der Waals surface area contributed by atoms with Crippen LogP contribution in [0.2, 0.25) is 0 Å². The van der Waals surface area contributed by atoms with Gasteiger partial charge in [0, 0.05) is 21.5 Å². The van der Waals surface area contributed by atoms with E-state index in [0.29, 0.717) is 5.92 Å². The third-order valence-electron chi connectivity index (χ3n) is 4.48. The number of thiophene rings is 1. The van der Waals surface area contributed by atoms with Crippen molar-refractivity contribution >= 4 is 28.5 Å². The van der Waals surface area contributed by atoms with Crippen LogP contribution in [0, 0.1) is 6.92 Å². The van der Waals surface area contributed by atoms with Crippen LogP contribution < -0.4 is 0 Å². The molecule has 2 aliphatic carbocycles. The summed E-state index contributed by atoms with van der Waals surface area (Å²) in [6, 6.07) is 4.34. The first-order chi connectivity index (χ1) is 11.7. The number of aromatic amines is 1. The van der Waals surface area contributed by atoms with Crippen molar-refractivity contribution in [3.8, 4) is 10.7 Å². The van der Waals surface area contributed by atoms with Crippen molar-refractivity contribution in [3.63, 3.8) is 0 Å². The van der Waals surface area contributed by atoms with Crippen LogP contribution in [0.15, 0.2) is 53.6 Å². The number of halogens is 1. The highest BCUT2D eigenvalue weighted by Crippen LogP contribution is 2.36. The van der Waals surface area contributed by atoms with Crippen molar-refractivity contribution in [2.24, 2.45) is 0 Å². The average Bonchev–Trinajstić information content (AvgIpc) is 3.22. The molecule has 2 aromatic rings. The van der Waals surface area contributed by atoms with Gasteiger partial charge in [-0.2, -0.15) is 0 Å². The summed E-state index contributed by atoms with van der Waals surface area (Å²) in [5, 5.41) is 0.847. The molecule has 2 nitrogen and oxygen atoms in total. The lowest BCUT2D eigenvalue weighted by Crippen LogP contribution is -1.98. The number of imidazole rings is 1. The lowest BCUT2D eigenvalue weighted by molar-refractivity contribution is 0.815. The number of allylic oxidation sites excluding steroid dienone is 8. The second kappa shape index (κ2) is 6.58. The van der Waals surface area contributed by atoms with Crippen molar-refractivity contribution in [2.75, 3.05) is 0 Å². The van der Waals surface area contributed by atoms with Crippen molar-refractivity contribution < 1.29 is 0 Å². The van der Waals surface area contributed by atoms with Crippen LogP contribution in [0.25, 0.3) is 16.3 Å². The summed E-state index contributed by atoms with van der Waals surface area (Å²) in [6.07, 6.45) is 15.9. The zero-order chi connectivity index (χ0) is 16.5. The first-order valence-corrected chi connectivity index (χ1v) is 9.47. The van der Waals surface area contributed by atoms with E-state index < -0.39 is 0 Å². The molecule has 0 fully saturated rings. The van der Waals surface area contributed by atoms with Crippen LogP contribution in [0.1, 0.15) is 41.4 Å². The normalized spacial score (nSPS) is 20.2. The van der Waals surface area contributed by atoms with Crippen molar-refractivity contribution in [1.82, 2.24) is 9.97 Å². The van der Waals surface area contributed by atoms with Gasteiger partial charge in [-0.15, -0.1) is 11.3 Å². The van der Waals surface area contributed by atoms with Crippen LogP contribution in [0.5, 0.6) is 0 Å². The molecular weight excluding hydrogens is 336 g/mol. The maximum Gasteiger partial charge on any atom is 0.147 e. The Balaban J connectivity index is 1.62. The van der Waals surface area contributed by atoms with Gasteiger partial charge in [0.15, 0.2) is 0 Å². The molecule has 4 rings (SSSR count). The van der Waals surface area contributed by atoms with Crippen molar-refractivity contribution in [1.29, 1.82) is 0 Å². The van der Waals surface area contributed by atoms with E-state index in [-0.39, 0.29) is 0 Å². The van der Waals surface area contributed by atoms with Crippen molar-refractivity contribution in [2.45, 2.75) is 32.1 Å². The number of nitrogens with one attached hydrogen (secondary N) is 1. The topological polar surface area (TPSA) is 28.7 Å². The zero-order valence-electron chi connectivity index (χ0n) is 13.6. The summed E-state index contributed by atoms with van der Waals surface area (Å²) in [5.41, 5.74) is 3.64. The molecule has 0 spiro atoms. The summed E-state index contributed by atoms with van der Waals surface area (Å²) in [4.78, 5) is 10.8. The summed E-state index contributed by atoms with van der Waals surface area (Å²) in [7, 11) is 0. The highest BCUT2D eigenvalue weighted by Gasteiger charge is 2.18. The SMILES string of the molecule is Cc1[nH]c(-c2ccc(C3=CC(Cl)=CCC3)s2)nc1C1C=CC=CC1. The number of H-pyrrole nitrogens is 1. The van der Waals surface area contributed by atoms with E-state index >= 15 is 0 Å². The van der Waals surface area contributed by atoms with Gasteiger partial charge in [0.25, 0.3) is 0 Å². The highest BCUT2D eigenvalue weighted by atomic mass is 35.5. The minimum atomic E-state index is 0.379. The summed E-state index contributed by atoms with van der Waals surface area (Å²) >= 11 is 7.94. The quantitative estimate of drug-likeness (QED) is 0.683. The molecule has 0 saturated heterocycles. The van der Waals surface area contributed by atoms with Gasteiger partial charge >= 0.3 is 0 Å². The molecule has 2 heterocycles. The lowest BCUT2D eigenvalue weighted by atomic mass is 9.96. The van der Waals surface area contributed by atoms with Gasteiger partial charge in [-0.1, -0.05) is 42.0 Å². The van der Waals surface area contributed by atoms with E-state index in [2.05, 4.69) is 60.5 Å². The molecule has 122 valence electrons. The minimum Gasteiger partial charge on any atom is -0.341 e. The Morgan fingerprint density at radius 3 is 2.92 bits per heavy atom. The molecule has 0 saturated carbocycles. The second-order valence-corrected chi connectivity index (χ2v) is 7.73. The van der Waals surface area contributed by atoms with Gasteiger partial charge in [0.2, 0.25) is 0 Å². The first-order valence-electron chi connectivity index (χ1n) is 8.27. The van der Waals surface area contributed by atoms with Gasteiger partial charge in [0.05, 0.1) is 10.6 Å². The predicted octanol–water partition coefficient (Wildman–Crippen LogP) is 6.35. The molecule has 1 N–H and O–H groups in total. The van der Waals surface area contributed by atoms with Crippen LogP contribution in [-0.4, -0.2) is 9.97 Å². The van der Waals surface area contributed by atoms with E-state index in [1.165, 1.54) is 15.3 Å². The fourth-order valence-electron chi connectivity index (χ4n) is 3.23. The third kappa shape index (κ3) is 3.06. The molecule has 0 aliphatic heterocycles. The maximum absolute atomic E-state index is 6.15. The Morgan fingerprint density at radius 1 is 1.25 bits per heavy atom. The number of hydrogen-bond donors (Lipinski definition) is 1. The lowest BCUT2D eigenvalue weighted by Gasteiger charge is -2.10. The Kier molecular flexibility index (Phi) is 4.30. The Labute approximate surface area is 151 Å². The summed E-state index contributed by atoms with van der Waals surface area (Å²) in [5.74, 6) is 1.35. The fourth-order valence-corrected chi connectivity index (χ4v) is 4.47. The van der Waals surface area contributed by atoms with Crippen LogP contribution >= 0.6 is 22.9 Å². The Bertz CT molecular complexity index is 879. The van der Waals surface area contributed by atoms with E-state index in [9.17, 15) is 0 Å². The molecular formula is C20H19ClN2S. The standard InChI is InChI=1S/C20H19ClN2S/c1-13-19(14-6-3-2-4-7-14)23-20(22-13)18-11-10-17(24-18)15-8-5-9-16(21)12-15/h2-4,6,9-12,14H,5,7-8H2,1H3,(H,22,23). The molecule has 2 aromatic heterocycles. The van der Waals surface area contributed by atoms with Crippen LogP contribution in [0.3, 0.4) is 0 Å². The molecule has 0 aromatic carbocycles. The smallest absolute Gasteiger partial charge is 0.147 e. The second-order valence-electron chi connectivity index (χ2n) is 6.21. The molecule has 0 bridgehead atoms. The van der Waals surface area contributed by atoms with Crippen LogP contribution in [0.4, 0.5) is 0 Å². The third-order valence-corrected chi connectivity index (χ3v) is 5.91. The molecule has 0 radical (unpaired) electrons. The molecule has 1 atom stereocenters. The van der Waals surface area contributed by atoms with Gasteiger partial charge in [0.1, 0.15) is 5.82 Å². The monoisotopic (exact) mass is 354 g/mol. The van der Waals surface area contributed by atoms with Gasteiger partial charge in [-0.3, -0.25) is 0 Å². The largest absolute Gasteiger partial charge is 0.341 e. The van der Waals surface area contributed by atoms with E-state index in [4.69, 9.17) is 16.6 Å². The van der Waals surface area contributed by atoms with Gasteiger partial charge in [-0.05, 0) is 50.0 Å². The molecule has 1 unspecified atom stereocenters. The Morgan fingerprint density at radius 2 is 2.12 bits per heavy atom. The summed E-state index contributed by atoms with van der Waals surface area (Å²) < 4.78 is 0. The van der Waals surface area contributed by atoms with Gasteiger partial charge in [-0.25, -0.2) is 4.98 Å². The minimum absolute atomic E-state index is 0.379. The fraction of sp³-hybridized carbons (Fsp3) is 0.250. The molecule has 24 heavy (non-hydrogen) atoms.